The lowest BCUT2D eigenvalue weighted by Crippen LogP contribution is -2.39. The fourth-order valence-electron chi connectivity index (χ4n) is 1.96. The Morgan fingerprint density at radius 3 is 2.30 bits per heavy atom. The van der Waals surface area contributed by atoms with E-state index in [1.807, 2.05) is 38.2 Å². The van der Waals surface area contributed by atoms with Crippen LogP contribution in [0.4, 0.5) is 0 Å². The number of halogens is 1. The van der Waals surface area contributed by atoms with Crippen molar-refractivity contribution in [1.82, 2.24) is 16.0 Å². The topological polar surface area (TPSA) is 79.5 Å². The number of carbonyl (C=O) groups excluding carboxylic acids is 2. The average molecular weight is 344 g/mol. The van der Waals surface area contributed by atoms with Gasteiger partial charge in [0.05, 0.1) is 19.6 Å². The van der Waals surface area contributed by atoms with Gasteiger partial charge < -0.3 is 20.7 Å². The van der Waals surface area contributed by atoms with Crippen LogP contribution in [-0.4, -0.2) is 38.6 Å². The molecule has 0 bridgehead atoms. The first kappa shape index (κ1) is 21.2. The standard InChI is InChI=1S/C16H25N3O3.ClH/c1-11(17-3)10-18-16(21)9-15(19-12(2)20)13-5-7-14(22-4)8-6-13;/h5-8,11,15,17H,9-10H2,1-4H3,(H,18,21)(H,19,20);1H. The molecule has 0 aromatic heterocycles. The summed E-state index contributed by atoms with van der Waals surface area (Å²) in [7, 11) is 3.44. The Morgan fingerprint density at radius 1 is 1.22 bits per heavy atom. The molecule has 0 aliphatic carbocycles. The van der Waals surface area contributed by atoms with Crippen molar-refractivity contribution in [3.8, 4) is 5.75 Å². The van der Waals surface area contributed by atoms with Crippen molar-refractivity contribution in [3.05, 3.63) is 29.8 Å². The van der Waals surface area contributed by atoms with E-state index in [4.69, 9.17) is 4.74 Å². The maximum Gasteiger partial charge on any atom is 0.222 e. The monoisotopic (exact) mass is 343 g/mol. The Labute approximate surface area is 143 Å². The number of ether oxygens (including phenoxy) is 1. The van der Waals surface area contributed by atoms with Crippen molar-refractivity contribution in [2.24, 2.45) is 0 Å². The van der Waals surface area contributed by atoms with E-state index < -0.39 is 0 Å². The Bertz CT molecular complexity index is 494. The van der Waals surface area contributed by atoms with Gasteiger partial charge in [-0.15, -0.1) is 12.4 Å². The first-order valence-corrected chi connectivity index (χ1v) is 7.31. The Hall–Kier alpha value is -1.79. The van der Waals surface area contributed by atoms with Gasteiger partial charge in [0.25, 0.3) is 0 Å². The molecule has 0 aliphatic heterocycles. The number of rotatable bonds is 8. The molecule has 2 atom stereocenters. The first-order valence-electron chi connectivity index (χ1n) is 7.31. The minimum Gasteiger partial charge on any atom is -0.497 e. The number of methoxy groups -OCH3 is 1. The third-order valence-electron chi connectivity index (χ3n) is 3.38. The summed E-state index contributed by atoms with van der Waals surface area (Å²) in [6.07, 6.45) is 0.197. The third kappa shape index (κ3) is 7.85. The van der Waals surface area contributed by atoms with Crippen LogP contribution in [0.1, 0.15) is 31.9 Å². The molecule has 0 saturated carbocycles. The van der Waals surface area contributed by atoms with Gasteiger partial charge in [0.2, 0.25) is 11.8 Å². The second-order valence-electron chi connectivity index (χ2n) is 5.22. The summed E-state index contributed by atoms with van der Waals surface area (Å²) in [5.74, 6) is 0.464. The summed E-state index contributed by atoms with van der Waals surface area (Å²) in [6, 6.07) is 7.17. The van der Waals surface area contributed by atoms with Crippen LogP contribution in [0.2, 0.25) is 0 Å². The molecule has 0 saturated heterocycles. The predicted octanol–water partition coefficient (Wildman–Crippen LogP) is 1.41. The molecule has 1 aromatic rings. The normalized spacial score (nSPS) is 12.5. The maximum atomic E-state index is 12.0. The van der Waals surface area contributed by atoms with Gasteiger partial charge in [-0.25, -0.2) is 0 Å². The summed E-state index contributed by atoms with van der Waals surface area (Å²) in [5, 5.41) is 8.71. The van der Waals surface area contributed by atoms with E-state index in [1.165, 1.54) is 6.92 Å². The molecule has 6 nitrogen and oxygen atoms in total. The highest BCUT2D eigenvalue weighted by molar-refractivity contribution is 5.85. The lowest BCUT2D eigenvalue weighted by Gasteiger charge is -2.19. The molecule has 2 unspecified atom stereocenters. The van der Waals surface area contributed by atoms with E-state index >= 15 is 0 Å². The number of likely N-dealkylation sites (N-methyl/N-ethyl adjacent to an activating group) is 1. The highest BCUT2D eigenvalue weighted by Gasteiger charge is 2.17. The highest BCUT2D eigenvalue weighted by Crippen LogP contribution is 2.20. The van der Waals surface area contributed by atoms with Crippen LogP contribution >= 0.6 is 12.4 Å². The minimum absolute atomic E-state index is 0. The fraction of sp³-hybridized carbons (Fsp3) is 0.500. The number of nitrogens with one attached hydrogen (secondary N) is 3. The molecule has 2 amide bonds. The van der Waals surface area contributed by atoms with Crippen LogP contribution in [-0.2, 0) is 9.59 Å². The van der Waals surface area contributed by atoms with Crippen LogP contribution in [0.15, 0.2) is 24.3 Å². The maximum absolute atomic E-state index is 12.0. The SMILES string of the molecule is CNC(C)CNC(=O)CC(NC(C)=O)c1ccc(OC)cc1.Cl. The smallest absolute Gasteiger partial charge is 0.222 e. The summed E-state index contributed by atoms with van der Waals surface area (Å²) in [5.41, 5.74) is 0.868. The number of hydrogen-bond donors (Lipinski definition) is 3. The summed E-state index contributed by atoms with van der Waals surface area (Å²) >= 11 is 0. The van der Waals surface area contributed by atoms with E-state index in [0.717, 1.165) is 11.3 Å². The van der Waals surface area contributed by atoms with Crippen molar-refractivity contribution >= 4 is 24.2 Å². The van der Waals surface area contributed by atoms with Crippen LogP contribution in [0.3, 0.4) is 0 Å². The van der Waals surface area contributed by atoms with E-state index in [0.29, 0.717) is 6.54 Å². The molecule has 23 heavy (non-hydrogen) atoms. The molecule has 3 N–H and O–H groups in total. The molecule has 130 valence electrons. The molecular weight excluding hydrogens is 318 g/mol. The van der Waals surface area contributed by atoms with Gasteiger partial charge in [-0.2, -0.15) is 0 Å². The summed E-state index contributed by atoms with van der Waals surface area (Å²) in [6.45, 7) is 3.97. The summed E-state index contributed by atoms with van der Waals surface area (Å²) in [4.78, 5) is 23.4. The van der Waals surface area contributed by atoms with Crippen molar-refractivity contribution in [3.63, 3.8) is 0 Å². The van der Waals surface area contributed by atoms with E-state index in [1.54, 1.807) is 7.11 Å². The van der Waals surface area contributed by atoms with Crippen LogP contribution in [0, 0.1) is 0 Å². The van der Waals surface area contributed by atoms with Gasteiger partial charge in [-0.05, 0) is 31.7 Å². The minimum atomic E-state index is -0.353. The van der Waals surface area contributed by atoms with E-state index in [2.05, 4.69) is 16.0 Å². The molecule has 0 fully saturated rings. The van der Waals surface area contributed by atoms with Crippen molar-refractivity contribution in [2.75, 3.05) is 20.7 Å². The van der Waals surface area contributed by atoms with Gasteiger partial charge in [0, 0.05) is 19.5 Å². The molecular formula is C16H26ClN3O3. The van der Waals surface area contributed by atoms with Crippen molar-refractivity contribution in [1.29, 1.82) is 0 Å². The van der Waals surface area contributed by atoms with E-state index in [9.17, 15) is 9.59 Å². The zero-order chi connectivity index (χ0) is 16.5. The third-order valence-corrected chi connectivity index (χ3v) is 3.38. The van der Waals surface area contributed by atoms with Gasteiger partial charge >= 0.3 is 0 Å². The second kappa shape index (κ2) is 10.9. The number of hydrogen-bond acceptors (Lipinski definition) is 4. The quantitative estimate of drug-likeness (QED) is 0.666. The van der Waals surface area contributed by atoms with E-state index in [-0.39, 0.29) is 42.7 Å². The average Bonchev–Trinajstić information content (AvgIpc) is 2.51. The number of carbonyl (C=O) groups is 2. The van der Waals surface area contributed by atoms with Crippen LogP contribution in [0.5, 0.6) is 5.75 Å². The first-order chi connectivity index (χ1) is 10.5. The molecule has 0 spiro atoms. The largest absolute Gasteiger partial charge is 0.497 e. The zero-order valence-electron chi connectivity index (χ0n) is 14.0. The van der Waals surface area contributed by atoms with Gasteiger partial charge in [-0.1, -0.05) is 12.1 Å². The highest BCUT2D eigenvalue weighted by atomic mass is 35.5. The lowest BCUT2D eigenvalue weighted by molar-refractivity contribution is -0.122. The molecule has 1 rings (SSSR count). The Kier molecular flexibility index (Phi) is 10.0. The number of benzene rings is 1. The van der Waals surface area contributed by atoms with Gasteiger partial charge in [0.15, 0.2) is 0 Å². The van der Waals surface area contributed by atoms with Gasteiger partial charge in [0.1, 0.15) is 5.75 Å². The Morgan fingerprint density at radius 2 is 1.83 bits per heavy atom. The number of amides is 2. The van der Waals surface area contributed by atoms with Crippen molar-refractivity contribution < 1.29 is 14.3 Å². The molecule has 0 aliphatic rings. The molecule has 0 radical (unpaired) electrons. The lowest BCUT2D eigenvalue weighted by atomic mass is 10.0. The van der Waals surface area contributed by atoms with Crippen molar-refractivity contribution in [2.45, 2.75) is 32.4 Å². The molecule has 7 heteroatoms. The molecule has 1 aromatic carbocycles. The Balaban J connectivity index is 0.00000484. The molecule has 0 heterocycles. The van der Waals surface area contributed by atoms with Crippen LogP contribution in [0.25, 0.3) is 0 Å². The van der Waals surface area contributed by atoms with Crippen LogP contribution < -0.4 is 20.7 Å². The van der Waals surface area contributed by atoms with Gasteiger partial charge in [-0.3, -0.25) is 9.59 Å². The fourth-order valence-corrected chi connectivity index (χ4v) is 1.96. The second-order valence-corrected chi connectivity index (χ2v) is 5.22. The summed E-state index contributed by atoms with van der Waals surface area (Å²) < 4.78 is 5.11. The predicted molar refractivity (Wildman–Crippen MR) is 92.9 cm³/mol. The zero-order valence-corrected chi connectivity index (χ0v) is 14.8.